The molecule has 0 saturated heterocycles. The molecule has 3 aromatic rings. The van der Waals surface area contributed by atoms with Crippen LogP contribution < -0.4 is 0 Å². The number of hydrogen-bond donors (Lipinski definition) is 0. The van der Waals surface area contributed by atoms with Crippen LogP contribution in [0.5, 0.6) is 0 Å². The van der Waals surface area contributed by atoms with Crippen molar-refractivity contribution in [3.8, 4) is 0 Å². The van der Waals surface area contributed by atoms with Gasteiger partial charge in [0.1, 0.15) is 0 Å². The molecule has 0 atom stereocenters. The van der Waals surface area contributed by atoms with Crippen molar-refractivity contribution < 1.29 is 0 Å². The van der Waals surface area contributed by atoms with Gasteiger partial charge in [-0.25, -0.2) is 0 Å². The van der Waals surface area contributed by atoms with Gasteiger partial charge in [-0.1, -0.05) is 42.0 Å². The summed E-state index contributed by atoms with van der Waals surface area (Å²) in [5.74, 6) is 0. The number of aromatic nitrogens is 1. The first-order valence-electron chi connectivity index (χ1n) is 8.55. The van der Waals surface area contributed by atoms with Gasteiger partial charge < -0.3 is 4.57 Å². The highest BCUT2D eigenvalue weighted by atomic mass is 15.1. The lowest BCUT2D eigenvalue weighted by atomic mass is 10.1. The second-order valence-corrected chi connectivity index (χ2v) is 6.77. The Kier molecular flexibility index (Phi) is 3.70. The number of aryl methyl sites for hydroxylation is 2. The number of benzene rings is 2. The topological polar surface area (TPSA) is 8.17 Å². The standard InChI is InChI=1S/C21H24N2/c1-16-8-9-20-19(14-16)18-10-12-23(13-11-21(18)22(20)2)15-17-6-4-3-5-7-17/h3-9,14H,10-13,15H2,1-2H3. The zero-order chi connectivity index (χ0) is 15.8. The average Bonchev–Trinajstić information content (AvgIpc) is 2.71. The van der Waals surface area contributed by atoms with Crippen LogP contribution in [0.4, 0.5) is 0 Å². The van der Waals surface area contributed by atoms with Gasteiger partial charge in [-0.3, -0.25) is 4.90 Å². The Balaban J connectivity index is 1.62. The molecule has 118 valence electrons. The first-order valence-corrected chi connectivity index (χ1v) is 8.55. The Bertz CT molecular complexity index is 830. The zero-order valence-corrected chi connectivity index (χ0v) is 14.0. The van der Waals surface area contributed by atoms with Gasteiger partial charge in [-0.05, 0) is 36.6 Å². The Labute approximate surface area is 138 Å². The van der Waals surface area contributed by atoms with Gasteiger partial charge in [0.2, 0.25) is 0 Å². The van der Waals surface area contributed by atoms with E-state index in [2.05, 4.69) is 72.0 Å². The normalized spacial score (nSPS) is 15.6. The fourth-order valence-corrected chi connectivity index (χ4v) is 3.93. The Morgan fingerprint density at radius 1 is 0.957 bits per heavy atom. The van der Waals surface area contributed by atoms with Crippen LogP contribution in [0.2, 0.25) is 0 Å². The van der Waals surface area contributed by atoms with Crippen LogP contribution in [0, 0.1) is 6.92 Å². The SMILES string of the molecule is Cc1ccc2c(c1)c1c(n2C)CCN(Cc2ccccc2)CC1. The Morgan fingerprint density at radius 2 is 1.74 bits per heavy atom. The van der Waals surface area contributed by atoms with E-state index in [1.165, 1.54) is 27.7 Å². The second-order valence-electron chi connectivity index (χ2n) is 6.77. The summed E-state index contributed by atoms with van der Waals surface area (Å²) in [7, 11) is 2.23. The van der Waals surface area contributed by atoms with Crippen molar-refractivity contribution in [2.75, 3.05) is 13.1 Å². The summed E-state index contributed by atoms with van der Waals surface area (Å²) in [5.41, 5.74) is 7.26. The summed E-state index contributed by atoms with van der Waals surface area (Å²) in [4.78, 5) is 2.59. The summed E-state index contributed by atoms with van der Waals surface area (Å²) < 4.78 is 2.41. The van der Waals surface area contributed by atoms with Gasteiger partial charge >= 0.3 is 0 Å². The molecule has 0 bridgehead atoms. The van der Waals surface area contributed by atoms with Crippen molar-refractivity contribution in [3.63, 3.8) is 0 Å². The van der Waals surface area contributed by atoms with E-state index in [9.17, 15) is 0 Å². The molecule has 2 heterocycles. The summed E-state index contributed by atoms with van der Waals surface area (Å²) in [5, 5.41) is 1.46. The van der Waals surface area contributed by atoms with Gasteiger partial charge in [0.25, 0.3) is 0 Å². The molecule has 2 aromatic carbocycles. The predicted molar refractivity (Wildman–Crippen MR) is 96.8 cm³/mol. The van der Waals surface area contributed by atoms with Crippen LogP contribution in [0.15, 0.2) is 48.5 Å². The molecular formula is C21H24N2. The highest BCUT2D eigenvalue weighted by molar-refractivity contribution is 5.86. The first-order chi connectivity index (χ1) is 11.2. The number of hydrogen-bond acceptors (Lipinski definition) is 1. The van der Waals surface area contributed by atoms with E-state index in [4.69, 9.17) is 0 Å². The summed E-state index contributed by atoms with van der Waals surface area (Å²) >= 11 is 0. The Morgan fingerprint density at radius 3 is 2.57 bits per heavy atom. The largest absolute Gasteiger partial charge is 0.347 e. The van der Waals surface area contributed by atoms with E-state index in [0.29, 0.717) is 0 Å². The quantitative estimate of drug-likeness (QED) is 0.692. The van der Waals surface area contributed by atoms with E-state index in [1.54, 1.807) is 5.56 Å². The van der Waals surface area contributed by atoms with Crippen LogP contribution in [-0.4, -0.2) is 22.6 Å². The van der Waals surface area contributed by atoms with E-state index in [0.717, 1.165) is 32.5 Å². The van der Waals surface area contributed by atoms with Gasteiger partial charge in [0.15, 0.2) is 0 Å². The van der Waals surface area contributed by atoms with E-state index in [-0.39, 0.29) is 0 Å². The Hall–Kier alpha value is -2.06. The third kappa shape index (κ3) is 2.68. The summed E-state index contributed by atoms with van der Waals surface area (Å²) in [6.45, 7) is 5.54. The number of rotatable bonds is 2. The molecule has 0 spiro atoms. The number of fused-ring (bicyclic) bond motifs is 3. The smallest absolute Gasteiger partial charge is 0.0482 e. The van der Waals surface area contributed by atoms with E-state index < -0.39 is 0 Å². The minimum absolute atomic E-state index is 1.06. The first kappa shape index (κ1) is 14.5. The minimum Gasteiger partial charge on any atom is -0.347 e. The third-order valence-electron chi connectivity index (χ3n) is 5.18. The summed E-state index contributed by atoms with van der Waals surface area (Å²) in [6.07, 6.45) is 2.30. The molecule has 4 rings (SSSR count). The van der Waals surface area contributed by atoms with Crippen molar-refractivity contribution in [1.82, 2.24) is 9.47 Å². The fourth-order valence-electron chi connectivity index (χ4n) is 3.93. The lowest BCUT2D eigenvalue weighted by Gasteiger charge is -2.20. The second kappa shape index (κ2) is 5.86. The number of nitrogens with zero attached hydrogens (tertiary/aromatic N) is 2. The molecule has 0 amide bonds. The maximum atomic E-state index is 2.59. The molecule has 23 heavy (non-hydrogen) atoms. The van der Waals surface area contributed by atoms with Crippen molar-refractivity contribution >= 4 is 10.9 Å². The van der Waals surface area contributed by atoms with Crippen LogP contribution in [0.25, 0.3) is 10.9 Å². The van der Waals surface area contributed by atoms with E-state index in [1.807, 2.05) is 0 Å². The molecule has 2 heteroatoms. The predicted octanol–water partition coefficient (Wildman–Crippen LogP) is 4.09. The molecular weight excluding hydrogens is 280 g/mol. The van der Waals surface area contributed by atoms with Crippen molar-refractivity contribution in [3.05, 3.63) is 70.9 Å². The average molecular weight is 304 g/mol. The summed E-state index contributed by atoms with van der Waals surface area (Å²) in [6, 6.07) is 17.7. The maximum Gasteiger partial charge on any atom is 0.0482 e. The maximum absolute atomic E-state index is 2.59. The lowest BCUT2D eigenvalue weighted by molar-refractivity contribution is 0.278. The molecule has 2 nitrogen and oxygen atoms in total. The molecule has 0 N–H and O–H groups in total. The fraction of sp³-hybridized carbons (Fsp3) is 0.333. The van der Waals surface area contributed by atoms with Crippen LogP contribution >= 0.6 is 0 Å². The van der Waals surface area contributed by atoms with Gasteiger partial charge in [-0.2, -0.15) is 0 Å². The lowest BCUT2D eigenvalue weighted by Crippen LogP contribution is -2.26. The van der Waals surface area contributed by atoms with Gasteiger partial charge in [-0.15, -0.1) is 0 Å². The molecule has 0 unspecified atom stereocenters. The third-order valence-corrected chi connectivity index (χ3v) is 5.18. The van der Waals surface area contributed by atoms with E-state index >= 15 is 0 Å². The van der Waals surface area contributed by atoms with Crippen LogP contribution in [0.1, 0.15) is 22.4 Å². The molecule has 0 radical (unpaired) electrons. The van der Waals surface area contributed by atoms with Crippen molar-refractivity contribution in [2.24, 2.45) is 7.05 Å². The van der Waals surface area contributed by atoms with Crippen molar-refractivity contribution in [1.29, 1.82) is 0 Å². The molecule has 1 aliphatic rings. The van der Waals surface area contributed by atoms with Gasteiger partial charge in [0, 0.05) is 49.7 Å². The van der Waals surface area contributed by atoms with Gasteiger partial charge in [0.05, 0.1) is 0 Å². The van der Waals surface area contributed by atoms with Crippen molar-refractivity contribution in [2.45, 2.75) is 26.3 Å². The highest BCUT2D eigenvalue weighted by Gasteiger charge is 2.20. The minimum atomic E-state index is 1.06. The highest BCUT2D eigenvalue weighted by Crippen LogP contribution is 2.29. The van der Waals surface area contributed by atoms with Crippen LogP contribution in [0.3, 0.4) is 0 Å². The van der Waals surface area contributed by atoms with Crippen LogP contribution in [-0.2, 0) is 26.4 Å². The molecule has 1 aliphatic heterocycles. The monoisotopic (exact) mass is 304 g/mol. The zero-order valence-electron chi connectivity index (χ0n) is 14.0. The molecule has 0 fully saturated rings. The molecule has 1 aromatic heterocycles. The molecule has 0 saturated carbocycles. The molecule has 0 aliphatic carbocycles.